The van der Waals surface area contributed by atoms with Crippen LogP contribution in [0.2, 0.25) is 0 Å². The van der Waals surface area contributed by atoms with Crippen molar-refractivity contribution in [2.45, 2.75) is 32.8 Å². The molecular weight excluding hydrogens is 280 g/mol. The molecule has 1 aliphatic rings. The predicted octanol–water partition coefficient (Wildman–Crippen LogP) is 2.30. The Balaban J connectivity index is 1.86. The van der Waals surface area contributed by atoms with Gasteiger partial charge in [0, 0.05) is 25.8 Å². The minimum atomic E-state index is -0.485. The number of nitriles is 1. The van der Waals surface area contributed by atoms with E-state index in [1.165, 1.54) is 0 Å². The number of nitrogens with zero attached hydrogens (tertiary/aromatic N) is 3. The maximum Gasteiger partial charge on any atom is 0.407 e. The highest BCUT2D eigenvalue weighted by atomic mass is 16.6. The Hall–Kier alpha value is -2.29. The quantitative estimate of drug-likeness (QED) is 0.927. The van der Waals surface area contributed by atoms with Crippen LogP contribution in [0.25, 0.3) is 0 Å². The van der Waals surface area contributed by atoms with Gasteiger partial charge in [0.2, 0.25) is 0 Å². The summed E-state index contributed by atoms with van der Waals surface area (Å²) in [6.45, 7) is 7.71. The third-order valence-corrected chi connectivity index (χ3v) is 3.43. The largest absolute Gasteiger partial charge is 0.444 e. The second-order valence-electron chi connectivity index (χ2n) is 6.47. The summed E-state index contributed by atoms with van der Waals surface area (Å²) in [5.41, 5.74) is 0.102. The number of rotatable bonds is 3. The lowest BCUT2D eigenvalue weighted by atomic mass is 10.1. The van der Waals surface area contributed by atoms with Crippen molar-refractivity contribution in [3.8, 4) is 6.07 Å². The zero-order chi connectivity index (χ0) is 16.2. The number of carbonyl (C=O) groups excluding carboxylic acids is 1. The van der Waals surface area contributed by atoms with Crippen LogP contribution in [-0.4, -0.2) is 36.3 Å². The molecule has 118 valence electrons. The molecule has 0 bridgehead atoms. The van der Waals surface area contributed by atoms with Crippen molar-refractivity contribution in [2.24, 2.45) is 5.92 Å². The second kappa shape index (κ2) is 6.65. The fraction of sp³-hybridized carbons (Fsp3) is 0.562. The Bertz CT molecular complexity index is 574. The Labute approximate surface area is 131 Å². The van der Waals surface area contributed by atoms with Gasteiger partial charge in [0.25, 0.3) is 0 Å². The van der Waals surface area contributed by atoms with Gasteiger partial charge in [-0.2, -0.15) is 5.26 Å². The highest BCUT2D eigenvalue weighted by Gasteiger charge is 2.26. The van der Waals surface area contributed by atoms with Gasteiger partial charge in [0.1, 0.15) is 17.5 Å². The molecule has 0 saturated carbocycles. The summed E-state index contributed by atoms with van der Waals surface area (Å²) in [4.78, 5) is 18.1. The van der Waals surface area contributed by atoms with Gasteiger partial charge in [-0.05, 0) is 45.2 Å². The fourth-order valence-corrected chi connectivity index (χ4v) is 2.47. The summed E-state index contributed by atoms with van der Waals surface area (Å²) < 4.78 is 5.23. The van der Waals surface area contributed by atoms with Crippen LogP contribution in [0.15, 0.2) is 18.3 Å². The zero-order valence-electron chi connectivity index (χ0n) is 13.3. The van der Waals surface area contributed by atoms with E-state index in [2.05, 4.69) is 21.3 Å². The van der Waals surface area contributed by atoms with E-state index in [1.807, 2.05) is 20.8 Å². The van der Waals surface area contributed by atoms with Crippen LogP contribution in [0, 0.1) is 17.2 Å². The predicted molar refractivity (Wildman–Crippen MR) is 83.5 cm³/mol. The van der Waals surface area contributed by atoms with E-state index in [9.17, 15) is 4.79 Å². The van der Waals surface area contributed by atoms with Crippen molar-refractivity contribution in [1.29, 1.82) is 5.26 Å². The van der Waals surface area contributed by atoms with Crippen LogP contribution in [0.1, 0.15) is 32.8 Å². The summed E-state index contributed by atoms with van der Waals surface area (Å²) in [5.74, 6) is 1.06. The zero-order valence-corrected chi connectivity index (χ0v) is 13.3. The average Bonchev–Trinajstić information content (AvgIpc) is 2.92. The lowest BCUT2D eigenvalue weighted by Gasteiger charge is -2.21. The number of amides is 1. The number of anilines is 1. The van der Waals surface area contributed by atoms with Crippen molar-refractivity contribution >= 4 is 11.9 Å². The minimum absolute atomic E-state index is 0.334. The first-order chi connectivity index (χ1) is 10.4. The molecule has 1 N–H and O–H groups in total. The third kappa shape index (κ3) is 4.35. The lowest BCUT2D eigenvalue weighted by molar-refractivity contribution is 0.0520. The van der Waals surface area contributed by atoms with Gasteiger partial charge in [-0.15, -0.1) is 0 Å². The summed E-state index contributed by atoms with van der Waals surface area (Å²) in [6, 6.07) is 5.71. The molecule has 6 heteroatoms. The summed E-state index contributed by atoms with van der Waals surface area (Å²) in [7, 11) is 0. The SMILES string of the molecule is CC(C)(C)OC(=O)NCC1CCN(c2ncccc2C#N)C1. The van der Waals surface area contributed by atoms with Crippen LogP contribution in [0.3, 0.4) is 0 Å². The number of aromatic nitrogens is 1. The minimum Gasteiger partial charge on any atom is -0.444 e. The number of ether oxygens (including phenoxy) is 1. The van der Waals surface area contributed by atoms with Crippen molar-refractivity contribution in [3.63, 3.8) is 0 Å². The Morgan fingerprint density at radius 2 is 2.36 bits per heavy atom. The number of hydrogen-bond donors (Lipinski definition) is 1. The second-order valence-corrected chi connectivity index (χ2v) is 6.47. The maximum absolute atomic E-state index is 11.7. The molecule has 22 heavy (non-hydrogen) atoms. The summed E-state index contributed by atoms with van der Waals surface area (Å²) >= 11 is 0. The van der Waals surface area contributed by atoms with Gasteiger partial charge in [-0.1, -0.05) is 0 Å². The molecule has 2 heterocycles. The van der Waals surface area contributed by atoms with Crippen molar-refractivity contribution in [1.82, 2.24) is 10.3 Å². The van der Waals surface area contributed by atoms with E-state index >= 15 is 0 Å². The topological polar surface area (TPSA) is 78.2 Å². The van der Waals surface area contributed by atoms with Gasteiger partial charge in [-0.3, -0.25) is 0 Å². The van der Waals surface area contributed by atoms with E-state index in [1.54, 1.807) is 18.3 Å². The maximum atomic E-state index is 11.7. The van der Waals surface area contributed by atoms with E-state index in [-0.39, 0.29) is 6.09 Å². The summed E-state index contributed by atoms with van der Waals surface area (Å²) in [6.07, 6.45) is 2.26. The molecule has 1 unspecified atom stereocenters. The van der Waals surface area contributed by atoms with E-state index in [0.717, 1.165) is 25.3 Å². The molecule has 1 saturated heterocycles. The van der Waals surface area contributed by atoms with Gasteiger partial charge in [0.15, 0.2) is 0 Å². The highest BCUT2D eigenvalue weighted by molar-refractivity contribution is 5.67. The lowest BCUT2D eigenvalue weighted by Crippen LogP contribution is -2.36. The normalized spacial score (nSPS) is 17.9. The molecular formula is C16H22N4O2. The molecule has 0 spiro atoms. The molecule has 6 nitrogen and oxygen atoms in total. The standard InChI is InChI=1S/C16H22N4O2/c1-16(2,3)22-15(21)19-10-12-6-8-20(11-12)14-13(9-17)5-4-7-18-14/h4-5,7,12H,6,8,10-11H2,1-3H3,(H,19,21). The molecule has 1 aromatic heterocycles. The number of nitrogens with one attached hydrogen (secondary N) is 1. The monoisotopic (exact) mass is 302 g/mol. The van der Waals surface area contributed by atoms with E-state index < -0.39 is 5.60 Å². The molecule has 2 rings (SSSR count). The van der Waals surface area contributed by atoms with Gasteiger partial charge in [-0.25, -0.2) is 9.78 Å². The van der Waals surface area contributed by atoms with Crippen molar-refractivity contribution in [2.75, 3.05) is 24.5 Å². The van der Waals surface area contributed by atoms with Crippen LogP contribution < -0.4 is 10.2 Å². The fourth-order valence-electron chi connectivity index (χ4n) is 2.47. The van der Waals surface area contributed by atoms with Gasteiger partial charge >= 0.3 is 6.09 Å². The van der Waals surface area contributed by atoms with E-state index in [0.29, 0.717) is 18.0 Å². The summed E-state index contributed by atoms with van der Waals surface area (Å²) in [5, 5.41) is 11.9. The molecule has 0 radical (unpaired) electrons. The van der Waals surface area contributed by atoms with E-state index in [4.69, 9.17) is 10.00 Å². The number of pyridine rings is 1. The Kier molecular flexibility index (Phi) is 4.86. The molecule has 1 aromatic rings. The van der Waals surface area contributed by atoms with Crippen LogP contribution >= 0.6 is 0 Å². The smallest absolute Gasteiger partial charge is 0.407 e. The van der Waals surface area contributed by atoms with Crippen LogP contribution in [-0.2, 0) is 4.74 Å². The number of carbonyl (C=O) groups is 1. The molecule has 1 amide bonds. The average molecular weight is 302 g/mol. The first kappa shape index (κ1) is 16.1. The first-order valence-electron chi connectivity index (χ1n) is 7.46. The van der Waals surface area contributed by atoms with Crippen molar-refractivity contribution < 1.29 is 9.53 Å². The third-order valence-electron chi connectivity index (χ3n) is 3.43. The van der Waals surface area contributed by atoms with Gasteiger partial charge in [0.05, 0.1) is 5.56 Å². The van der Waals surface area contributed by atoms with Crippen LogP contribution in [0.5, 0.6) is 0 Å². The Morgan fingerprint density at radius 3 is 3.05 bits per heavy atom. The molecule has 1 atom stereocenters. The number of hydrogen-bond acceptors (Lipinski definition) is 5. The number of alkyl carbamates (subject to hydrolysis) is 1. The Morgan fingerprint density at radius 1 is 1.59 bits per heavy atom. The molecule has 1 aliphatic heterocycles. The van der Waals surface area contributed by atoms with Gasteiger partial charge < -0.3 is 15.0 Å². The highest BCUT2D eigenvalue weighted by Crippen LogP contribution is 2.24. The molecule has 1 fully saturated rings. The first-order valence-corrected chi connectivity index (χ1v) is 7.46. The molecule has 0 aromatic carbocycles. The molecule has 0 aliphatic carbocycles. The van der Waals surface area contributed by atoms with Crippen LogP contribution in [0.4, 0.5) is 10.6 Å². The van der Waals surface area contributed by atoms with Crippen molar-refractivity contribution in [3.05, 3.63) is 23.9 Å².